The maximum Gasteiger partial charge on any atom is 0.341 e. The summed E-state index contributed by atoms with van der Waals surface area (Å²) in [4.78, 5) is 20.7. The van der Waals surface area contributed by atoms with E-state index >= 15 is 0 Å². The van der Waals surface area contributed by atoms with E-state index in [0.717, 1.165) is 55.9 Å². The summed E-state index contributed by atoms with van der Waals surface area (Å²) in [6, 6.07) is 7.77. The Hall–Kier alpha value is -2.43. The SMILES string of the molecule is CCCCCCOC(=O)c1cnc(-c2ccc(OCCCCCC(C)CC)cc2)nc1. The van der Waals surface area contributed by atoms with Crippen LogP contribution >= 0.6 is 0 Å². The molecule has 0 fully saturated rings. The first-order valence-corrected chi connectivity index (χ1v) is 11.9. The smallest absolute Gasteiger partial charge is 0.341 e. The van der Waals surface area contributed by atoms with E-state index in [0.29, 0.717) is 18.0 Å². The van der Waals surface area contributed by atoms with Crippen molar-refractivity contribution in [1.29, 1.82) is 0 Å². The Labute approximate surface area is 187 Å². The van der Waals surface area contributed by atoms with Crippen molar-refractivity contribution in [2.75, 3.05) is 13.2 Å². The third-order valence-electron chi connectivity index (χ3n) is 5.54. The summed E-state index contributed by atoms with van der Waals surface area (Å²) in [5.74, 6) is 1.90. The van der Waals surface area contributed by atoms with Crippen LogP contribution in [0.1, 0.15) is 88.9 Å². The van der Waals surface area contributed by atoms with E-state index in [-0.39, 0.29) is 5.97 Å². The molecule has 2 rings (SSSR count). The minimum atomic E-state index is -0.365. The maximum atomic E-state index is 12.1. The van der Waals surface area contributed by atoms with E-state index in [9.17, 15) is 4.79 Å². The molecule has 5 nitrogen and oxygen atoms in total. The molecular weight excluding hydrogens is 388 g/mol. The molecular formula is C26H38N2O3. The molecule has 1 aromatic carbocycles. The predicted octanol–water partition coefficient (Wildman–Crippen LogP) is 6.87. The van der Waals surface area contributed by atoms with Crippen LogP contribution in [0.15, 0.2) is 36.7 Å². The van der Waals surface area contributed by atoms with Crippen LogP contribution in [0.3, 0.4) is 0 Å². The van der Waals surface area contributed by atoms with Crippen LogP contribution in [0.2, 0.25) is 0 Å². The van der Waals surface area contributed by atoms with Gasteiger partial charge in [-0.3, -0.25) is 0 Å². The predicted molar refractivity (Wildman–Crippen MR) is 125 cm³/mol. The number of hydrogen-bond donors (Lipinski definition) is 0. The molecule has 2 aromatic rings. The molecule has 0 radical (unpaired) electrons. The van der Waals surface area contributed by atoms with E-state index < -0.39 is 0 Å². The van der Waals surface area contributed by atoms with Crippen LogP contribution < -0.4 is 4.74 Å². The van der Waals surface area contributed by atoms with Gasteiger partial charge in [0.25, 0.3) is 0 Å². The van der Waals surface area contributed by atoms with E-state index in [2.05, 4.69) is 30.7 Å². The third-order valence-corrected chi connectivity index (χ3v) is 5.54. The van der Waals surface area contributed by atoms with Gasteiger partial charge in [-0.05, 0) is 43.0 Å². The first-order valence-electron chi connectivity index (χ1n) is 11.9. The summed E-state index contributed by atoms with van der Waals surface area (Å²) >= 11 is 0. The summed E-state index contributed by atoms with van der Waals surface area (Å²) in [6.45, 7) is 7.91. The van der Waals surface area contributed by atoms with Crippen LogP contribution in [-0.4, -0.2) is 29.2 Å². The summed E-state index contributed by atoms with van der Waals surface area (Å²) in [5.41, 5.74) is 1.27. The molecule has 1 atom stereocenters. The number of carbonyl (C=O) groups is 1. The topological polar surface area (TPSA) is 61.3 Å². The molecule has 170 valence electrons. The molecule has 1 heterocycles. The quantitative estimate of drug-likeness (QED) is 0.230. The third kappa shape index (κ3) is 9.50. The van der Waals surface area contributed by atoms with Crippen molar-refractivity contribution in [1.82, 2.24) is 9.97 Å². The second kappa shape index (κ2) is 14.6. The lowest BCUT2D eigenvalue weighted by atomic mass is 10.0. The van der Waals surface area contributed by atoms with Gasteiger partial charge in [-0.2, -0.15) is 0 Å². The molecule has 0 spiro atoms. The zero-order chi connectivity index (χ0) is 22.3. The van der Waals surface area contributed by atoms with Crippen molar-refractivity contribution in [3.63, 3.8) is 0 Å². The van der Waals surface area contributed by atoms with Gasteiger partial charge in [0.1, 0.15) is 5.75 Å². The highest BCUT2D eigenvalue weighted by molar-refractivity contribution is 5.88. The number of nitrogens with zero attached hydrogens (tertiary/aromatic N) is 2. The summed E-state index contributed by atoms with van der Waals surface area (Å²) < 4.78 is 11.1. The highest BCUT2D eigenvalue weighted by Crippen LogP contribution is 2.20. The van der Waals surface area contributed by atoms with Crippen molar-refractivity contribution >= 4 is 5.97 Å². The Kier molecular flexibility index (Phi) is 11.7. The summed E-state index contributed by atoms with van der Waals surface area (Å²) in [6.07, 6.45) is 13.5. The summed E-state index contributed by atoms with van der Waals surface area (Å²) in [7, 11) is 0. The number of ether oxygens (including phenoxy) is 2. The van der Waals surface area contributed by atoms with Crippen molar-refractivity contribution in [2.45, 2.75) is 78.6 Å². The Balaban J connectivity index is 1.73. The number of rotatable bonds is 15. The van der Waals surface area contributed by atoms with Gasteiger partial charge in [0, 0.05) is 18.0 Å². The van der Waals surface area contributed by atoms with Crippen molar-refractivity contribution in [3.8, 4) is 17.1 Å². The van der Waals surface area contributed by atoms with Crippen molar-refractivity contribution in [3.05, 3.63) is 42.2 Å². The van der Waals surface area contributed by atoms with Crippen LogP contribution in [0.25, 0.3) is 11.4 Å². The van der Waals surface area contributed by atoms with Gasteiger partial charge in [0.2, 0.25) is 0 Å². The molecule has 5 heteroatoms. The monoisotopic (exact) mass is 426 g/mol. The van der Waals surface area contributed by atoms with E-state index in [1.165, 1.54) is 38.1 Å². The van der Waals surface area contributed by atoms with Crippen molar-refractivity contribution in [2.24, 2.45) is 5.92 Å². The average molecular weight is 427 g/mol. The normalized spacial score (nSPS) is 11.8. The molecule has 0 aliphatic carbocycles. The maximum absolute atomic E-state index is 12.1. The fourth-order valence-corrected chi connectivity index (χ4v) is 3.23. The Bertz CT molecular complexity index is 744. The molecule has 0 aliphatic heterocycles. The average Bonchev–Trinajstić information content (AvgIpc) is 2.81. The molecule has 0 saturated heterocycles. The second-order valence-electron chi connectivity index (χ2n) is 8.23. The van der Waals surface area contributed by atoms with Gasteiger partial charge in [-0.1, -0.05) is 65.7 Å². The minimum absolute atomic E-state index is 0.365. The van der Waals surface area contributed by atoms with Gasteiger partial charge in [-0.15, -0.1) is 0 Å². The number of carbonyl (C=O) groups excluding carboxylic acids is 1. The molecule has 0 bridgehead atoms. The zero-order valence-electron chi connectivity index (χ0n) is 19.4. The van der Waals surface area contributed by atoms with E-state index in [1.54, 1.807) is 0 Å². The zero-order valence-corrected chi connectivity index (χ0v) is 19.4. The molecule has 0 saturated carbocycles. The van der Waals surface area contributed by atoms with Crippen LogP contribution in [0, 0.1) is 5.92 Å². The fourth-order valence-electron chi connectivity index (χ4n) is 3.23. The lowest BCUT2D eigenvalue weighted by Gasteiger charge is -2.09. The first kappa shape index (κ1) is 24.8. The Morgan fingerprint density at radius 2 is 1.58 bits per heavy atom. The summed E-state index contributed by atoms with van der Waals surface area (Å²) in [5, 5.41) is 0. The van der Waals surface area contributed by atoms with Gasteiger partial charge < -0.3 is 9.47 Å². The standard InChI is InChI=1S/C26H38N2O3/c1-4-6-7-10-18-31-26(29)23-19-27-25(28-20-23)22-13-15-24(16-14-22)30-17-11-8-9-12-21(3)5-2/h13-16,19-21H,4-12,17-18H2,1-3H3. The highest BCUT2D eigenvalue weighted by Gasteiger charge is 2.09. The molecule has 0 amide bonds. The van der Waals surface area contributed by atoms with Crippen LogP contribution in [0.4, 0.5) is 0 Å². The van der Waals surface area contributed by atoms with Crippen molar-refractivity contribution < 1.29 is 14.3 Å². The lowest BCUT2D eigenvalue weighted by Crippen LogP contribution is -2.07. The number of benzene rings is 1. The molecule has 1 unspecified atom stereocenters. The fraction of sp³-hybridized carbons (Fsp3) is 0.577. The van der Waals surface area contributed by atoms with E-state index in [1.807, 2.05) is 24.3 Å². The molecule has 0 aliphatic rings. The number of aromatic nitrogens is 2. The second-order valence-corrected chi connectivity index (χ2v) is 8.23. The molecule has 1 aromatic heterocycles. The molecule has 31 heavy (non-hydrogen) atoms. The van der Waals surface area contributed by atoms with Gasteiger partial charge in [0.05, 0.1) is 18.8 Å². The Morgan fingerprint density at radius 3 is 2.26 bits per heavy atom. The Morgan fingerprint density at radius 1 is 0.903 bits per heavy atom. The van der Waals surface area contributed by atoms with Crippen LogP contribution in [-0.2, 0) is 4.74 Å². The molecule has 0 N–H and O–H groups in total. The first-order chi connectivity index (χ1) is 15.1. The number of hydrogen-bond acceptors (Lipinski definition) is 5. The van der Waals surface area contributed by atoms with Gasteiger partial charge in [0.15, 0.2) is 5.82 Å². The van der Waals surface area contributed by atoms with E-state index in [4.69, 9.17) is 9.47 Å². The van der Waals surface area contributed by atoms with Gasteiger partial charge >= 0.3 is 5.97 Å². The number of unbranched alkanes of at least 4 members (excludes halogenated alkanes) is 5. The largest absolute Gasteiger partial charge is 0.494 e. The van der Waals surface area contributed by atoms with Crippen LogP contribution in [0.5, 0.6) is 5.75 Å². The van der Waals surface area contributed by atoms with Gasteiger partial charge in [-0.25, -0.2) is 14.8 Å². The highest BCUT2D eigenvalue weighted by atomic mass is 16.5. The number of esters is 1. The minimum Gasteiger partial charge on any atom is -0.494 e. The lowest BCUT2D eigenvalue weighted by molar-refractivity contribution is 0.0497.